The second-order valence-corrected chi connectivity index (χ2v) is 10.3. The SMILES string of the molecule is CCCC[C@@H](C(=O)N1CCN(c2ccc(OCCOC)cc2)CC1)n1ncc2c1nc(N)n1nc(-c3ccco3)nc21. The van der Waals surface area contributed by atoms with Crippen LogP contribution in [-0.2, 0) is 9.53 Å². The summed E-state index contributed by atoms with van der Waals surface area (Å²) in [7, 11) is 1.65. The lowest BCUT2D eigenvalue weighted by Crippen LogP contribution is -2.50. The van der Waals surface area contributed by atoms with Crippen molar-refractivity contribution in [2.24, 2.45) is 0 Å². The van der Waals surface area contributed by atoms with Crippen LogP contribution < -0.4 is 15.4 Å². The fourth-order valence-corrected chi connectivity index (χ4v) is 5.30. The quantitative estimate of drug-likeness (QED) is 0.234. The van der Waals surface area contributed by atoms with E-state index >= 15 is 0 Å². The molecule has 0 radical (unpaired) electrons. The van der Waals surface area contributed by atoms with Gasteiger partial charge in [-0.15, -0.1) is 5.10 Å². The van der Waals surface area contributed by atoms with Crippen molar-refractivity contribution in [3.63, 3.8) is 0 Å². The largest absolute Gasteiger partial charge is 0.491 e. The monoisotopic (exact) mass is 573 g/mol. The van der Waals surface area contributed by atoms with E-state index in [4.69, 9.17) is 19.6 Å². The summed E-state index contributed by atoms with van der Waals surface area (Å²) in [5.74, 6) is 1.94. The molecule has 1 amide bonds. The van der Waals surface area contributed by atoms with Crippen molar-refractivity contribution >= 4 is 34.2 Å². The molecule has 1 fully saturated rings. The number of nitrogens with zero attached hydrogens (tertiary/aromatic N) is 8. The summed E-state index contributed by atoms with van der Waals surface area (Å²) in [6, 6.07) is 11.1. The van der Waals surface area contributed by atoms with E-state index in [1.165, 1.54) is 4.52 Å². The van der Waals surface area contributed by atoms with Gasteiger partial charge in [0.25, 0.3) is 0 Å². The van der Waals surface area contributed by atoms with Crippen molar-refractivity contribution in [2.45, 2.75) is 32.2 Å². The zero-order valence-corrected chi connectivity index (χ0v) is 23.8. The molecule has 0 saturated carbocycles. The smallest absolute Gasteiger partial charge is 0.247 e. The molecule has 0 spiro atoms. The lowest BCUT2D eigenvalue weighted by Gasteiger charge is -2.37. The number of nitrogens with two attached hydrogens (primary N) is 1. The third-order valence-electron chi connectivity index (χ3n) is 7.56. The maximum atomic E-state index is 14.0. The number of hydrogen-bond acceptors (Lipinski definition) is 10. The molecule has 1 aliphatic heterocycles. The summed E-state index contributed by atoms with van der Waals surface area (Å²) in [5, 5.41) is 9.78. The third kappa shape index (κ3) is 5.34. The van der Waals surface area contributed by atoms with Crippen molar-refractivity contribution < 1.29 is 18.7 Å². The average Bonchev–Trinajstić information content (AvgIpc) is 3.78. The van der Waals surface area contributed by atoms with Crippen molar-refractivity contribution in [3.05, 3.63) is 48.9 Å². The van der Waals surface area contributed by atoms with Gasteiger partial charge < -0.3 is 29.4 Å². The molecular formula is C29H35N9O4. The molecule has 2 N–H and O–H groups in total. The highest BCUT2D eigenvalue weighted by Crippen LogP contribution is 2.28. The Kier molecular flexibility index (Phi) is 7.91. The van der Waals surface area contributed by atoms with Crippen LogP contribution in [-0.4, -0.2) is 86.7 Å². The Bertz CT molecular complexity index is 1640. The zero-order valence-electron chi connectivity index (χ0n) is 23.8. The average molecular weight is 574 g/mol. The molecule has 13 heteroatoms. The molecule has 1 aliphatic rings. The Hall–Kier alpha value is -4.65. The summed E-state index contributed by atoms with van der Waals surface area (Å²) in [6.45, 7) is 5.87. The van der Waals surface area contributed by atoms with Gasteiger partial charge in [0.1, 0.15) is 18.4 Å². The maximum absolute atomic E-state index is 14.0. The van der Waals surface area contributed by atoms with E-state index in [0.29, 0.717) is 61.0 Å². The Morgan fingerprint density at radius 1 is 1.07 bits per heavy atom. The number of nitrogen functional groups attached to an aromatic ring is 1. The highest BCUT2D eigenvalue weighted by atomic mass is 16.5. The summed E-state index contributed by atoms with van der Waals surface area (Å²) in [6.07, 6.45) is 5.73. The van der Waals surface area contributed by atoms with Crippen LogP contribution in [0.5, 0.6) is 5.75 Å². The highest BCUT2D eigenvalue weighted by molar-refractivity contribution is 5.92. The van der Waals surface area contributed by atoms with Crippen LogP contribution in [0.25, 0.3) is 28.3 Å². The van der Waals surface area contributed by atoms with E-state index in [2.05, 4.69) is 44.1 Å². The molecule has 220 valence electrons. The van der Waals surface area contributed by atoms with E-state index in [9.17, 15) is 4.79 Å². The Labute approximate surface area is 242 Å². The second-order valence-electron chi connectivity index (χ2n) is 10.3. The van der Waals surface area contributed by atoms with Crippen LogP contribution in [0.4, 0.5) is 11.6 Å². The molecule has 1 atom stereocenters. The van der Waals surface area contributed by atoms with Crippen molar-refractivity contribution in [3.8, 4) is 17.3 Å². The van der Waals surface area contributed by atoms with Crippen molar-refractivity contribution in [1.29, 1.82) is 0 Å². The molecule has 6 rings (SSSR count). The predicted molar refractivity (Wildman–Crippen MR) is 157 cm³/mol. The minimum atomic E-state index is -0.501. The fourth-order valence-electron chi connectivity index (χ4n) is 5.30. The van der Waals surface area contributed by atoms with Crippen LogP contribution >= 0.6 is 0 Å². The number of furan rings is 1. The Morgan fingerprint density at radius 2 is 1.88 bits per heavy atom. The first kappa shape index (κ1) is 27.5. The molecule has 42 heavy (non-hydrogen) atoms. The normalized spacial score (nSPS) is 14.6. The molecule has 0 aliphatic carbocycles. The molecule has 5 aromatic rings. The topological polar surface area (TPSA) is 142 Å². The first-order valence-corrected chi connectivity index (χ1v) is 14.3. The van der Waals surface area contributed by atoms with Crippen LogP contribution in [0.2, 0.25) is 0 Å². The number of benzene rings is 1. The molecule has 13 nitrogen and oxygen atoms in total. The van der Waals surface area contributed by atoms with Crippen LogP contribution in [0.3, 0.4) is 0 Å². The number of carbonyl (C=O) groups is 1. The van der Waals surface area contributed by atoms with Crippen molar-refractivity contribution in [2.75, 3.05) is 57.1 Å². The zero-order chi connectivity index (χ0) is 29.1. The number of hydrogen-bond donors (Lipinski definition) is 1. The van der Waals surface area contributed by atoms with E-state index in [1.807, 2.05) is 17.0 Å². The molecule has 0 unspecified atom stereocenters. The minimum absolute atomic E-state index is 0.0352. The summed E-state index contributed by atoms with van der Waals surface area (Å²) in [4.78, 5) is 27.5. The lowest BCUT2D eigenvalue weighted by molar-refractivity contribution is -0.135. The number of anilines is 2. The third-order valence-corrected chi connectivity index (χ3v) is 7.56. The number of fused-ring (bicyclic) bond motifs is 3. The van der Waals surface area contributed by atoms with Gasteiger partial charge in [-0.05, 0) is 42.8 Å². The molecular weight excluding hydrogens is 538 g/mol. The molecule has 1 aromatic carbocycles. The minimum Gasteiger partial charge on any atom is -0.491 e. The number of rotatable bonds is 11. The van der Waals surface area contributed by atoms with E-state index in [1.54, 1.807) is 36.4 Å². The van der Waals surface area contributed by atoms with Gasteiger partial charge >= 0.3 is 0 Å². The fraction of sp³-hybridized carbons (Fsp3) is 0.414. The van der Waals surface area contributed by atoms with Crippen LogP contribution in [0.1, 0.15) is 32.2 Å². The van der Waals surface area contributed by atoms with Gasteiger partial charge in [0, 0.05) is 39.0 Å². The number of methoxy groups -OCH3 is 1. The number of amides is 1. The van der Waals surface area contributed by atoms with Gasteiger partial charge in [0.15, 0.2) is 17.1 Å². The van der Waals surface area contributed by atoms with Gasteiger partial charge in [-0.2, -0.15) is 14.6 Å². The van der Waals surface area contributed by atoms with Crippen LogP contribution in [0.15, 0.2) is 53.3 Å². The van der Waals surface area contributed by atoms with E-state index in [-0.39, 0.29) is 11.9 Å². The Morgan fingerprint density at radius 3 is 2.60 bits per heavy atom. The predicted octanol–water partition coefficient (Wildman–Crippen LogP) is 3.42. The number of piperazine rings is 1. The van der Waals surface area contributed by atoms with E-state index < -0.39 is 6.04 Å². The number of unbranched alkanes of at least 4 members (excludes halogenated alkanes) is 1. The molecule has 1 saturated heterocycles. The van der Waals surface area contributed by atoms with Gasteiger partial charge in [0.2, 0.25) is 17.7 Å². The van der Waals surface area contributed by atoms with Gasteiger partial charge in [-0.1, -0.05) is 19.8 Å². The van der Waals surface area contributed by atoms with Gasteiger partial charge in [-0.25, -0.2) is 9.67 Å². The molecule has 4 aromatic heterocycles. The van der Waals surface area contributed by atoms with Gasteiger partial charge in [-0.3, -0.25) is 4.79 Å². The first-order valence-electron chi connectivity index (χ1n) is 14.3. The molecule has 0 bridgehead atoms. The molecule has 5 heterocycles. The number of carbonyl (C=O) groups excluding carboxylic acids is 1. The summed E-state index contributed by atoms with van der Waals surface area (Å²) in [5.41, 5.74) is 8.44. The standard InChI is InChI=1S/C29H35N9O4/c1-3-4-6-23(28(39)36-14-12-35(13-15-36)20-8-10-21(11-9-20)41-18-17-40-2)37-27-22(19-31-37)26-32-25(24-7-5-16-42-24)34-38(26)29(30)33-27/h5,7-11,16,19,23H,3-4,6,12-15,17-18H2,1-2H3,(H2,30,33)/t23-/m0/s1. The lowest BCUT2D eigenvalue weighted by atomic mass is 10.1. The summed E-state index contributed by atoms with van der Waals surface area (Å²) < 4.78 is 19.4. The first-order chi connectivity index (χ1) is 20.6. The van der Waals surface area contributed by atoms with Crippen LogP contribution in [0, 0.1) is 0 Å². The van der Waals surface area contributed by atoms with E-state index in [0.717, 1.165) is 37.4 Å². The highest BCUT2D eigenvalue weighted by Gasteiger charge is 2.31. The van der Waals surface area contributed by atoms with Gasteiger partial charge in [0.05, 0.1) is 24.5 Å². The number of aromatic nitrogens is 6. The summed E-state index contributed by atoms with van der Waals surface area (Å²) >= 11 is 0. The Balaban J connectivity index is 1.20. The number of ether oxygens (including phenoxy) is 2. The second kappa shape index (κ2) is 12.1. The van der Waals surface area contributed by atoms with Crippen molar-refractivity contribution in [1.82, 2.24) is 34.3 Å². The maximum Gasteiger partial charge on any atom is 0.247 e.